The number of piperazine rings is 1. The Balaban J connectivity index is 1.52. The minimum atomic E-state index is -4.15. The lowest BCUT2D eigenvalue weighted by molar-refractivity contribution is -0.133. The number of benzene rings is 2. The second kappa shape index (κ2) is 11.6. The molecular formula is C27H27BrCl2N6O5S. The van der Waals surface area contributed by atoms with E-state index in [1.54, 1.807) is 19.1 Å². The number of carbonyl (C=O) groups is 3. The zero-order valence-corrected chi connectivity index (χ0v) is 26.6. The molecule has 0 aliphatic carbocycles. The summed E-state index contributed by atoms with van der Waals surface area (Å²) in [5.74, 6) is -0.887. The van der Waals surface area contributed by atoms with Gasteiger partial charge in [-0.1, -0.05) is 51.3 Å². The Morgan fingerprint density at radius 1 is 1.05 bits per heavy atom. The molecule has 3 aromatic rings. The maximum atomic E-state index is 14.2. The molecule has 3 amide bonds. The summed E-state index contributed by atoms with van der Waals surface area (Å²) >= 11 is 15.9. The third-order valence-corrected chi connectivity index (χ3v) is 10.1. The molecule has 1 saturated heterocycles. The molecule has 2 aliphatic heterocycles. The Kier molecular flexibility index (Phi) is 8.42. The van der Waals surface area contributed by atoms with Crippen LogP contribution in [0.4, 0.5) is 11.6 Å². The smallest absolute Gasteiger partial charge is 0.260 e. The zero-order valence-electron chi connectivity index (χ0n) is 22.7. The van der Waals surface area contributed by atoms with Crippen LogP contribution in [0.2, 0.25) is 10.0 Å². The highest BCUT2D eigenvalue weighted by Gasteiger charge is 2.52. The van der Waals surface area contributed by atoms with Crippen molar-refractivity contribution < 1.29 is 22.8 Å². The van der Waals surface area contributed by atoms with E-state index in [0.29, 0.717) is 15.7 Å². The molecule has 1 fully saturated rings. The van der Waals surface area contributed by atoms with Crippen LogP contribution in [-0.4, -0.2) is 77.6 Å². The van der Waals surface area contributed by atoms with E-state index in [-0.39, 0.29) is 61.9 Å². The van der Waals surface area contributed by atoms with Crippen molar-refractivity contribution in [2.45, 2.75) is 30.8 Å². The lowest BCUT2D eigenvalue weighted by Crippen LogP contribution is -2.53. The highest BCUT2D eigenvalue weighted by atomic mass is 79.9. The van der Waals surface area contributed by atoms with E-state index in [0.717, 1.165) is 10.0 Å². The minimum Gasteiger partial charge on any atom is -0.347 e. The van der Waals surface area contributed by atoms with E-state index < -0.39 is 21.5 Å². The molecule has 42 heavy (non-hydrogen) atoms. The molecule has 3 heterocycles. The van der Waals surface area contributed by atoms with Gasteiger partial charge in [-0.25, -0.2) is 18.3 Å². The third-order valence-electron chi connectivity index (χ3n) is 7.32. The maximum Gasteiger partial charge on any atom is 0.260 e. The van der Waals surface area contributed by atoms with Gasteiger partial charge in [0.15, 0.2) is 5.03 Å². The van der Waals surface area contributed by atoms with Gasteiger partial charge in [0.2, 0.25) is 17.8 Å². The molecule has 11 nitrogen and oxygen atoms in total. The molecule has 222 valence electrons. The van der Waals surface area contributed by atoms with Crippen LogP contribution in [-0.2, 0) is 36.4 Å². The highest BCUT2D eigenvalue weighted by molar-refractivity contribution is 9.10. The normalized spacial score (nSPS) is 19.2. The quantitative estimate of drug-likeness (QED) is 0.403. The first-order valence-corrected chi connectivity index (χ1v) is 16.0. The van der Waals surface area contributed by atoms with Crippen LogP contribution in [0.5, 0.6) is 0 Å². The van der Waals surface area contributed by atoms with Crippen LogP contribution in [0, 0.1) is 0 Å². The van der Waals surface area contributed by atoms with Crippen molar-refractivity contribution in [2.75, 3.05) is 37.6 Å². The summed E-state index contributed by atoms with van der Waals surface area (Å²) in [6, 6.07) is 12.1. The van der Waals surface area contributed by atoms with Crippen molar-refractivity contribution in [3.8, 4) is 0 Å². The summed E-state index contributed by atoms with van der Waals surface area (Å²) in [5.41, 5.74) is -0.194. The molecule has 2 aromatic carbocycles. The van der Waals surface area contributed by atoms with Gasteiger partial charge < -0.3 is 10.2 Å². The van der Waals surface area contributed by atoms with Gasteiger partial charge in [0, 0.05) is 54.0 Å². The topological polar surface area (TPSA) is 125 Å². The molecule has 0 bridgehead atoms. The van der Waals surface area contributed by atoms with E-state index in [1.165, 1.54) is 37.9 Å². The number of fused-ring (bicyclic) bond motifs is 1. The van der Waals surface area contributed by atoms with Gasteiger partial charge in [0.05, 0.1) is 18.4 Å². The molecule has 1 N–H and O–H groups in total. The fraction of sp³-hybridized carbons (Fsp3) is 0.333. The number of aromatic nitrogens is 2. The number of nitrogens with one attached hydrogen (secondary N) is 1. The SMILES string of the molecule is CC(=O)NCC(=O)N1CCN(S(=O)(=O)c2cnc3n2[C@](C)(Cc2ccc(Br)cc2)C(=O)N3c2cc(Cl)cc(Cl)c2)CC1. The molecular weight excluding hydrogens is 671 g/mol. The first kappa shape index (κ1) is 30.5. The number of amides is 3. The van der Waals surface area contributed by atoms with Crippen LogP contribution in [0.15, 0.2) is 58.2 Å². The fourth-order valence-corrected chi connectivity index (χ4v) is 7.62. The summed E-state index contributed by atoms with van der Waals surface area (Å²) in [7, 11) is -4.15. The largest absolute Gasteiger partial charge is 0.347 e. The molecule has 0 spiro atoms. The van der Waals surface area contributed by atoms with E-state index in [1.807, 2.05) is 24.3 Å². The average molecular weight is 698 g/mol. The van der Waals surface area contributed by atoms with Gasteiger partial charge in [-0.3, -0.25) is 19.0 Å². The molecule has 0 saturated carbocycles. The third kappa shape index (κ3) is 5.68. The van der Waals surface area contributed by atoms with E-state index >= 15 is 0 Å². The van der Waals surface area contributed by atoms with Crippen LogP contribution >= 0.6 is 39.1 Å². The lowest BCUT2D eigenvalue weighted by atomic mass is 9.92. The van der Waals surface area contributed by atoms with Crippen LogP contribution in [0.3, 0.4) is 0 Å². The van der Waals surface area contributed by atoms with Crippen LogP contribution in [0.1, 0.15) is 19.4 Å². The Labute approximate surface area is 261 Å². The van der Waals surface area contributed by atoms with Gasteiger partial charge in [0.25, 0.3) is 15.9 Å². The summed E-state index contributed by atoms with van der Waals surface area (Å²) in [6.45, 7) is 3.24. The van der Waals surface area contributed by atoms with E-state index in [4.69, 9.17) is 23.2 Å². The monoisotopic (exact) mass is 696 g/mol. The Morgan fingerprint density at radius 2 is 1.67 bits per heavy atom. The zero-order chi connectivity index (χ0) is 30.4. The molecule has 1 aromatic heterocycles. The lowest BCUT2D eigenvalue weighted by Gasteiger charge is -2.34. The number of halogens is 3. The summed E-state index contributed by atoms with van der Waals surface area (Å²) < 4.78 is 31.8. The van der Waals surface area contributed by atoms with Gasteiger partial charge in [0.1, 0.15) is 5.54 Å². The van der Waals surface area contributed by atoms with Crippen molar-refractivity contribution in [1.29, 1.82) is 0 Å². The number of anilines is 2. The van der Waals surface area contributed by atoms with Gasteiger partial charge >= 0.3 is 0 Å². The second-order valence-corrected chi connectivity index (χ2v) is 13.9. The van der Waals surface area contributed by atoms with Crippen molar-refractivity contribution >= 4 is 78.5 Å². The number of hydrogen-bond donors (Lipinski definition) is 1. The van der Waals surface area contributed by atoms with E-state index in [2.05, 4.69) is 26.2 Å². The number of carbonyl (C=O) groups excluding carboxylic acids is 3. The Morgan fingerprint density at radius 3 is 2.26 bits per heavy atom. The van der Waals surface area contributed by atoms with Crippen molar-refractivity contribution in [3.05, 3.63) is 68.7 Å². The van der Waals surface area contributed by atoms with Crippen molar-refractivity contribution in [1.82, 2.24) is 24.1 Å². The molecule has 0 radical (unpaired) electrons. The Bertz CT molecular complexity index is 1650. The maximum absolute atomic E-state index is 14.2. The first-order valence-electron chi connectivity index (χ1n) is 13.0. The standard InChI is InChI=1S/C27H27BrCl2N6O5S/c1-17(37)31-15-23(38)33-7-9-34(10-8-33)42(40,41)24-16-32-26-35(22-12-20(29)11-21(30)13-22)25(39)27(2,36(24)26)14-18-3-5-19(28)6-4-18/h3-6,11-13,16H,7-10,14-15H2,1-2H3,(H,31,37)/t27-/m1/s1. The van der Waals surface area contributed by atoms with Crippen LogP contribution < -0.4 is 10.2 Å². The molecule has 0 unspecified atom stereocenters. The Hall–Kier alpha value is -2.97. The van der Waals surface area contributed by atoms with Crippen molar-refractivity contribution in [2.24, 2.45) is 0 Å². The molecule has 2 aliphatic rings. The minimum absolute atomic E-state index is 0.0413. The summed E-state index contributed by atoms with van der Waals surface area (Å²) in [4.78, 5) is 45.1. The van der Waals surface area contributed by atoms with Crippen molar-refractivity contribution in [3.63, 3.8) is 0 Å². The van der Waals surface area contributed by atoms with Gasteiger partial charge in [-0.2, -0.15) is 4.31 Å². The summed E-state index contributed by atoms with van der Waals surface area (Å²) in [6.07, 6.45) is 1.44. The second-order valence-electron chi connectivity index (χ2n) is 10.3. The predicted octanol–water partition coefficient (Wildman–Crippen LogP) is 3.56. The average Bonchev–Trinajstić information content (AvgIpc) is 3.46. The number of nitrogens with zero attached hydrogens (tertiary/aromatic N) is 5. The fourth-order valence-electron chi connectivity index (χ4n) is 5.24. The molecule has 1 atom stereocenters. The number of imidazole rings is 1. The highest BCUT2D eigenvalue weighted by Crippen LogP contribution is 2.45. The molecule has 5 rings (SSSR count). The number of rotatable bonds is 7. The number of sulfonamides is 1. The first-order chi connectivity index (χ1) is 19.8. The van der Waals surface area contributed by atoms with Crippen LogP contribution in [0.25, 0.3) is 0 Å². The van der Waals surface area contributed by atoms with Gasteiger partial charge in [-0.05, 0) is 42.8 Å². The van der Waals surface area contributed by atoms with E-state index in [9.17, 15) is 22.8 Å². The number of hydrogen-bond acceptors (Lipinski definition) is 6. The van der Waals surface area contributed by atoms with Gasteiger partial charge in [-0.15, -0.1) is 0 Å². The summed E-state index contributed by atoms with van der Waals surface area (Å²) in [5, 5.41) is 2.94. The molecule has 15 heteroatoms. The predicted molar refractivity (Wildman–Crippen MR) is 161 cm³/mol.